The van der Waals surface area contributed by atoms with Crippen molar-refractivity contribution < 1.29 is 33.8 Å². The number of alkyl carbamates (subject to hydrolysis) is 1. The lowest BCUT2D eigenvalue weighted by Crippen LogP contribution is -2.58. The van der Waals surface area contributed by atoms with Gasteiger partial charge in [0.05, 0.1) is 36.8 Å². The van der Waals surface area contributed by atoms with Gasteiger partial charge in [0, 0.05) is 18.2 Å². The molecule has 0 saturated heterocycles. The van der Waals surface area contributed by atoms with E-state index in [1.54, 1.807) is 32.4 Å². The minimum atomic E-state index is -1.20. The second-order valence-electron chi connectivity index (χ2n) is 16.0. The zero-order valence-corrected chi connectivity index (χ0v) is 33.3. The van der Waals surface area contributed by atoms with Crippen molar-refractivity contribution >= 4 is 29.7 Å². The Morgan fingerprint density at radius 2 is 1.45 bits per heavy atom. The van der Waals surface area contributed by atoms with Gasteiger partial charge >= 0.3 is 6.09 Å². The van der Waals surface area contributed by atoms with Gasteiger partial charge < -0.3 is 36.4 Å². The summed E-state index contributed by atoms with van der Waals surface area (Å²) in [5, 5.41) is 29.8. The summed E-state index contributed by atoms with van der Waals surface area (Å²) >= 11 is 0. The first kappa shape index (κ1) is 45.3. The predicted molar refractivity (Wildman–Crippen MR) is 197 cm³/mol. The fourth-order valence-corrected chi connectivity index (χ4v) is 5.45. The smallest absolute Gasteiger partial charge is 0.407 e. The third-order valence-electron chi connectivity index (χ3n) is 8.33. The lowest BCUT2D eigenvalue weighted by Gasteiger charge is -2.30. The Bertz CT molecular complexity index is 1290. The molecule has 0 aromatic carbocycles. The molecule has 6 atom stereocenters. The van der Waals surface area contributed by atoms with Gasteiger partial charge in [-0.25, -0.2) is 4.79 Å². The zero-order valence-electron chi connectivity index (χ0n) is 33.3. The van der Waals surface area contributed by atoms with Crippen LogP contribution in [-0.2, 0) is 30.5 Å². The number of carbonyl (C=O) groups excluding carboxylic acids is 5. The van der Waals surface area contributed by atoms with Crippen molar-refractivity contribution in [1.29, 1.82) is 0 Å². The Labute approximate surface area is 305 Å². The van der Waals surface area contributed by atoms with E-state index in [-0.39, 0.29) is 48.4 Å². The lowest BCUT2D eigenvalue weighted by atomic mass is 9.91. The predicted octanol–water partition coefficient (Wildman–Crippen LogP) is 3.37. The summed E-state index contributed by atoms with van der Waals surface area (Å²) in [5.74, 6) is -2.70. The van der Waals surface area contributed by atoms with E-state index < -0.39 is 53.7 Å². The standard InChI is InChI=1S/C37H67N7O7/c1-14-27(20-44-26(10)17-25(9)43-44)33(47)41-29(19-39-36(50)51-37(11,12)13)34(48)40-28(15-21(2)3)30(45)16-24(8)32(46)42-31(23(6)7)35(49)38-18-22(4)5/h17,21-24,27-31,45H,14-16,18-20H2,1-13H3,(H,38,49)(H,39,50)(H,40,48)(H,41,47)(H,42,46)/t24-,27+,28+,29+,30+,31+/m1/s1. The highest BCUT2D eigenvalue weighted by Crippen LogP contribution is 2.17. The van der Waals surface area contributed by atoms with E-state index in [2.05, 4.69) is 31.7 Å². The topological polar surface area (TPSA) is 193 Å². The third-order valence-corrected chi connectivity index (χ3v) is 8.33. The van der Waals surface area contributed by atoms with E-state index in [0.29, 0.717) is 25.9 Å². The molecule has 14 heteroatoms. The molecule has 0 saturated carbocycles. The van der Waals surface area contributed by atoms with Crippen molar-refractivity contribution in [3.63, 3.8) is 0 Å². The molecule has 14 nitrogen and oxygen atoms in total. The average Bonchev–Trinajstić information content (AvgIpc) is 3.32. The summed E-state index contributed by atoms with van der Waals surface area (Å²) in [4.78, 5) is 66.0. The van der Waals surface area contributed by atoms with Gasteiger partial charge in [-0.2, -0.15) is 5.10 Å². The Morgan fingerprint density at radius 1 is 0.824 bits per heavy atom. The number of aliphatic hydroxyl groups excluding tert-OH is 1. The maximum absolute atomic E-state index is 13.9. The number of aryl methyl sites for hydroxylation is 2. The first-order valence-corrected chi connectivity index (χ1v) is 18.4. The molecule has 0 aliphatic carbocycles. The third kappa shape index (κ3) is 16.9. The van der Waals surface area contributed by atoms with Crippen LogP contribution in [0.5, 0.6) is 0 Å². The van der Waals surface area contributed by atoms with Gasteiger partial charge in [-0.05, 0) is 77.7 Å². The minimum Gasteiger partial charge on any atom is -0.444 e. The number of ether oxygens (including phenoxy) is 1. The number of rotatable bonds is 20. The number of aromatic nitrogens is 2. The van der Waals surface area contributed by atoms with Crippen molar-refractivity contribution in [1.82, 2.24) is 36.4 Å². The lowest BCUT2D eigenvalue weighted by molar-refractivity contribution is -0.133. The highest BCUT2D eigenvalue weighted by Gasteiger charge is 2.33. The maximum Gasteiger partial charge on any atom is 0.407 e. The van der Waals surface area contributed by atoms with Gasteiger partial charge in [-0.3, -0.25) is 23.9 Å². The summed E-state index contributed by atoms with van der Waals surface area (Å²) in [7, 11) is 0. The van der Waals surface area contributed by atoms with Crippen molar-refractivity contribution in [2.75, 3.05) is 13.1 Å². The van der Waals surface area contributed by atoms with Crippen LogP contribution in [0.2, 0.25) is 0 Å². The molecule has 0 unspecified atom stereocenters. The van der Waals surface area contributed by atoms with Gasteiger partial charge in [-0.1, -0.05) is 55.4 Å². The second-order valence-corrected chi connectivity index (χ2v) is 16.0. The van der Waals surface area contributed by atoms with Gasteiger partial charge in [0.2, 0.25) is 23.6 Å². The van der Waals surface area contributed by atoms with E-state index in [1.165, 1.54) is 0 Å². The van der Waals surface area contributed by atoms with Crippen LogP contribution >= 0.6 is 0 Å². The molecule has 1 rings (SSSR count). The molecule has 1 heterocycles. The molecule has 0 aliphatic rings. The van der Waals surface area contributed by atoms with E-state index >= 15 is 0 Å². The molecule has 5 amide bonds. The van der Waals surface area contributed by atoms with Crippen LogP contribution in [0.4, 0.5) is 4.79 Å². The normalized spacial score (nSPS) is 15.4. The van der Waals surface area contributed by atoms with Gasteiger partial charge in [0.1, 0.15) is 17.7 Å². The Balaban J connectivity index is 3.17. The van der Waals surface area contributed by atoms with Crippen LogP contribution in [0.1, 0.15) is 107 Å². The summed E-state index contributed by atoms with van der Waals surface area (Å²) in [6.07, 6.45) is -1.02. The van der Waals surface area contributed by atoms with Crippen LogP contribution < -0.4 is 26.6 Å². The first-order valence-electron chi connectivity index (χ1n) is 18.4. The number of nitrogens with zero attached hydrogens (tertiary/aromatic N) is 2. The van der Waals surface area contributed by atoms with E-state index in [9.17, 15) is 29.1 Å². The number of carbonyl (C=O) groups is 5. The largest absolute Gasteiger partial charge is 0.444 e. The van der Waals surface area contributed by atoms with E-state index in [0.717, 1.165) is 11.4 Å². The number of hydrogen-bond acceptors (Lipinski definition) is 8. The molecule has 0 bridgehead atoms. The molecule has 292 valence electrons. The molecule has 1 aromatic heterocycles. The van der Waals surface area contributed by atoms with Crippen molar-refractivity contribution in [2.45, 2.75) is 146 Å². The zero-order chi connectivity index (χ0) is 39.2. The molecule has 0 fully saturated rings. The number of nitrogens with one attached hydrogen (secondary N) is 5. The fraction of sp³-hybridized carbons (Fsp3) is 0.784. The van der Waals surface area contributed by atoms with E-state index in [4.69, 9.17) is 4.74 Å². The number of aliphatic hydroxyl groups is 1. The molecule has 51 heavy (non-hydrogen) atoms. The van der Waals surface area contributed by atoms with Crippen LogP contribution in [0.25, 0.3) is 0 Å². The molecule has 1 aromatic rings. The quantitative estimate of drug-likeness (QED) is 0.118. The Hall–Kier alpha value is -3.68. The Morgan fingerprint density at radius 3 is 1.94 bits per heavy atom. The summed E-state index contributed by atoms with van der Waals surface area (Å²) in [6, 6.07) is -0.792. The highest BCUT2D eigenvalue weighted by molar-refractivity contribution is 5.90. The average molecular weight is 722 g/mol. The SMILES string of the molecule is CC[C@@H](Cn1nc(C)cc1C)C(=O)N[C@@H](CNC(=O)OC(C)(C)C)C(=O)N[C@@H](CC(C)C)[C@@H](O)C[C@@H](C)C(=O)N[C@H](C(=O)NCC(C)C)C(C)C. The van der Waals surface area contributed by atoms with Gasteiger partial charge in [0.25, 0.3) is 0 Å². The van der Waals surface area contributed by atoms with Gasteiger partial charge in [0.15, 0.2) is 0 Å². The molecule has 0 spiro atoms. The van der Waals surface area contributed by atoms with Gasteiger partial charge in [-0.15, -0.1) is 0 Å². The molecule has 0 radical (unpaired) electrons. The maximum atomic E-state index is 13.9. The van der Waals surface area contributed by atoms with E-state index in [1.807, 2.05) is 68.4 Å². The summed E-state index contributed by atoms with van der Waals surface area (Å²) < 4.78 is 7.10. The summed E-state index contributed by atoms with van der Waals surface area (Å²) in [6.45, 7) is 24.6. The van der Waals surface area contributed by atoms with Crippen molar-refractivity contribution in [3.8, 4) is 0 Å². The van der Waals surface area contributed by atoms with Crippen LogP contribution in [-0.4, -0.2) is 87.5 Å². The molecule has 0 aliphatic heterocycles. The second kappa shape index (κ2) is 21.0. The summed E-state index contributed by atoms with van der Waals surface area (Å²) in [5.41, 5.74) is 0.956. The van der Waals surface area contributed by atoms with Crippen LogP contribution in [0.3, 0.4) is 0 Å². The fourth-order valence-electron chi connectivity index (χ4n) is 5.45. The van der Waals surface area contributed by atoms with Crippen molar-refractivity contribution in [2.24, 2.45) is 29.6 Å². The van der Waals surface area contributed by atoms with Crippen molar-refractivity contribution in [3.05, 3.63) is 17.5 Å². The van der Waals surface area contributed by atoms with Crippen LogP contribution in [0.15, 0.2) is 6.07 Å². The number of amides is 5. The molecular formula is C37H67N7O7. The monoisotopic (exact) mass is 722 g/mol. The number of hydrogen-bond donors (Lipinski definition) is 6. The highest BCUT2D eigenvalue weighted by atomic mass is 16.6. The minimum absolute atomic E-state index is 0.00958. The molecular weight excluding hydrogens is 654 g/mol. The Kier molecular flexibility index (Phi) is 18.7. The molecule has 6 N–H and O–H groups in total. The first-order chi connectivity index (χ1) is 23.5. The van der Waals surface area contributed by atoms with Crippen LogP contribution in [0, 0.1) is 43.4 Å².